The van der Waals surface area contributed by atoms with Gasteiger partial charge in [-0.15, -0.1) is 0 Å². The van der Waals surface area contributed by atoms with Gasteiger partial charge in [-0.05, 0) is 19.3 Å². The van der Waals surface area contributed by atoms with E-state index in [2.05, 4.69) is 11.4 Å². The van der Waals surface area contributed by atoms with Crippen molar-refractivity contribution >= 4 is 5.91 Å². The third-order valence-corrected chi connectivity index (χ3v) is 3.05. The number of ether oxygens (including phenoxy) is 1. The lowest BCUT2D eigenvalue weighted by Gasteiger charge is -2.31. The number of hydrogen-bond acceptors (Lipinski definition) is 3. The maximum absolute atomic E-state index is 11.6. The Bertz CT molecular complexity index is 265. The van der Waals surface area contributed by atoms with Crippen LogP contribution in [0.4, 0.5) is 0 Å². The molecule has 16 heavy (non-hydrogen) atoms. The van der Waals surface area contributed by atoms with Crippen LogP contribution in [-0.2, 0) is 9.53 Å². The highest BCUT2D eigenvalue weighted by Crippen LogP contribution is 2.27. The lowest BCUT2D eigenvalue weighted by Crippen LogP contribution is -2.48. The summed E-state index contributed by atoms with van der Waals surface area (Å²) in [4.78, 5) is 11.6. The first kappa shape index (κ1) is 13.0. The average Bonchev–Trinajstić information content (AvgIpc) is 2.30. The molecule has 0 aromatic carbocycles. The smallest absolute Gasteiger partial charge is 0.221 e. The van der Waals surface area contributed by atoms with Crippen LogP contribution in [0.1, 0.15) is 44.9 Å². The quantitative estimate of drug-likeness (QED) is 0.724. The Balaban J connectivity index is 2.37. The van der Waals surface area contributed by atoms with Crippen LogP contribution in [0.3, 0.4) is 0 Å². The number of nitriles is 1. The van der Waals surface area contributed by atoms with Crippen LogP contribution in [0.2, 0.25) is 0 Å². The van der Waals surface area contributed by atoms with E-state index in [0.29, 0.717) is 19.4 Å². The number of nitrogens with one attached hydrogen (secondary N) is 1. The van der Waals surface area contributed by atoms with E-state index >= 15 is 0 Å². The summed E-state index contributed by atoms with van der Waals surface area (Å²) < 4.78 is 4.89. The molecule has 1 amide bonds. The van der Waals surface area contributed by atoms with Crippen molar-refractivity contribution in [1.82, 2.24) is 5.32 Å². The zero-order valence-electron chi connectivity index (χ0n) is 9.92. The monoisotopic (exact) mass is 224 g/mol. The van der Waals surface area contributed by atoms with E-state index in [9.17, 15) is 10.1 Å². The van der Waals surface area contributed by atoms with Crippen LogP contribution in [-0.4, -0.2) is 25.2 Å². The molecular weight excluding hydrogens is 204 g/mol. The van der Waals surface area contributed by atoms with Crippen molar-refractivity contribution in [3.63, 3.8) is 0 Å². The van der Waals surface area contributed by atoms with Gasteiger partial charge in [-0.2, -0.15) is 5.26 Å². The molecule has 0 aromatic rings. The summed E-state index contributed by atoms with van der Waals surface area (Å²) in [7, 11) is 1.62. The number of amides is 1. The lowest BCUT2D eigenvalue weighted by molar-refractivity contribution is -0.123. The molecule has 0 heterocycles. The van der Waals surface area contributed by atoms with Crippen LogP contribution < -0.4 is 5.32 Å². The number of nitrogens with zero attached hydrogens (tertiary/aromatic N) is 1. The predicted octanol–water partition coefficient (Wildman–Crippen LogP) is 1.76. The van der Waals surface area contributed by atoms with Crippen LogP contribution >= 0.6 is 0 Å². The molecule has 4 heteroatoms. The van der Waals surface area contributed by atoms with Crippen molar-refractivity contribution in [2.24, 2.45) is 0 Å². The van der Waals surface area contributed by atoms with E-state index < -0.39 is 5.54 Å². The Morgan fingerprint density at radius 3 is 2.69 bits per heavy atom. The first-order chi connectivity index (χ1) is 7.72. The van der Waals surface area contributed by atoms with Crippen molar-refractivity contribution in [3.05, 3.63) is 0 Å². The largest absolute Gasteiger partial charge is 0.385 e. The van der Waals surface area contributed by atoms with Crippen molar-refractivity contribution < 1.29 is 9.53 Å². The molecule has 0 aliphatic heterocycles. The molecule has 1 aliphatic rings. The first-order valence-electron chi connectivity index (χ1n) is 5.94. The van der Waals surface area contributed by atoms with E-state index in [-0.39, 0.29) is 5.91 Å². The summed E-state index contributed by atoms with van der Waals surface area (Å²) in [5.41, 5.74) is -0.595. The van der Waals surface area contributed by atoms with Crippen molar-refractivity contribution in [3.8, 4) is 6.07 Å². The first-order valence-corrected chi connectivity index (χ1v) is 5.94. The number of carbonyl (C=O) groups is 1. The molecule has 4 nitrogen and oxygen atoms in total. The maximum atomic E-state index is 11.6. The molecule has 0 bridgehead atoms. The Morgan fingerprint density at radius 1 is 1.44 bits per heavy atom. The van der Waals surface area contributed by atoms with Crippen LogP contribution in [0.5, 0.6) is 0 Å². The summed E-state index contributed by atoms with van der Waals surface area (Å²) in [6.45, 7) is 0.590. The van der Waals surface area contributed by atoms with Gasteiger partial charge in [-0.1, -0.05) is 19.3 Å². The number of rotatable bonds is 5. The second-order valence-electron chi connectivity index (χ2n) is 4.40. The normalized spacial score (nSPS) is 18.8. The van der Waals surface area contributed by atoms with Gasteiger partial charge in [0.15, 0.2) is 0 Å². The van der Waals surface area contributed by atoms with Gasteiger partial charge in [-0.25, -0.2) is 0 Å². The Kier molecular flexibility index (Phi) is 5.27. The van der Waals surface area contributed by atoms with Crippen LogP contribution in [0.25, 0.3) is 0 Å². The zero-order valence-corrected chi connectivity index (χ0v) is 9.92. The van der Waals surface area contributed by atoms with Crippen molar-refractivity contribution in [1.29, 1.82) is 5.26 Å². The van der Waals surface area contributed by atoms with Gasteiger partial charge < -0.3 is 10.1 Å². The number of hydrogen-bond donors (Lipinski definition) is 1. The van der Waals surface area contributed by atoms with E-state index in [1.165, 1.54) is 6.42 Å². The van der Waals surface area contributed by atoms with E-state index in [0.717, 1.165) is 25.7 Å². The molecule has 1 fully saturated rings. The van der Waals surface area contributed by atoms with Crippen molar-refractivity contribution in [2.75, 3.05) is 13.7 Å². The summed E-state index contributed by atoms with van der Waals surface area (Å²) in [5, 5.41) is 12.1. The van der Waals surface area contributed by atoms with Gasteiger partial charge in [0.2, 0.25) is 5.91 Å². The third kappa shape index (κ3) is 3.82. The molecule has 0 aromatic heterocycles. The van der Waals surface area contributed by atoms with E-state index in [4.69, 9.17) is 4.74 Å². The molecule has 0 saturated heterocycles. The Morgan fingerprint density at radius 2 is 2.12 bits per heavy atom. The van der Waals surface area contributed by atoms with Gasteiger partial charge in [0.25, 0.3) is 0 Å². The number of carbonyl (C=O) groups excluding carboxylic acids is 1. The molecule has 0 radical (unpaired) electrons. The minimum atomic E-state index is -0.595. The molecule has 1 N–H and O–H groups in total. The zero-order chi connectivity index (χ0) is 11.9. The highest BCUT2D eigenvalue weighted by Gasteiger charge is 2.33. The fourth-order valence-corrected chi connectivity index (χ4v) is 2.13. The SMILES string of the molecule is COCCCC(=O)NC1(C#N)CCCCC1. The molecule has 90 valence electrons. The highest BCUT2D eigenvalue weighted by molar-refractivity contribution is 5.77. The molecule has 0 atom stereocenters. The lowest BCUT2D eigenvalue weighted by atomic mass is 9.83. The maximum Gasteiger partial charge on any atom is 0.221 e. The van der Waals surface area contributed by atoms with E-state index in [1.807, 2.05) is 0 Å². The molecule has 0 unspecified atom stereocenters. The van der Waals surface area contributed by atoms with Crippen LogP contribution in [0.15, 0.2) is 0 Å². The molecule has 0 spiro atoms. The van der Waals surface area contributed by atoms with E-state index in [1.54, 1.807) is 7.11 Å². The van der Waals surface area contributed by atoms with Gasteiger partial charge in [-0.3, -0.25) is 4.79 Å². The third-order valence-electron chi connectivity index (χ3n) is 3.05. The standard InChI is InChI=1S/C12H20N2O2/c1-16-9-5-6-11(15)14-12(10-13)7-3-2-4-8-12/h2-9H2,1H3,(H,14,15). The summed E-state index contributed by atoms with van der Waals surface area (Å²) >= 11 is 0. The van der Waals surface area contributed by atoms with Crippen LogP contribution in [0, 0.1) is 11.3 Å². The van der Waals surface area contributed by atoms with Gasteiger partial charge >= 0.3 is 0 Å². The summed E-state index contributed by atoms with van der Waals surface area (Å²) in [6, 6.07) is 2.28. The number of methoxy groups -OCH3 is 1. The second-order valence-corrected chi connectivity index (χ2v) is 4.40. The minimum Gasteiger partial charge on any atom is -0.385 e. The van der Waals surface area contributed by atoms with Gasteiger partial charge in [0, 0.05) is 20.1 Å². The molecular formula is C12H20N2O2. The fraction of sp³-hybridized carbons (Fsp3) is 0.833. The molecule has 1 rings (SSSR count). The van der Waals surface area contributed by atoms with Crippen molar-refractivity contribution in [2.45, 2.75) is 50.5 Å². The van der Waals surface area contributed by atoms with Gasteiger partial charge in [0.05, 0.1) is 6.07 Å². The topological polar surface area (TPSA) is 62.1 Å². The highest BCUT2D eigenvalue weighted by atomic mass is 16.5. The molecule has 1 aliphatic carbocycles. The minimum absolute atomic E-state index is 0.0273. The Hall–Kier alpha value is -1.08. The van der Waals surface area contributed by atoms with Gasteiger partial charge in [0.1, 0.15) is 5.54 Å². The summed E-state index contributed by atoms with van der Waals surface area (Å²) in [6.07, 6.45) is 5.97. The average molecular weight is 224 g/mol. The molecule has 1 saturated carbocycles. The fourth-order valence-electron chi connectivity index (χ4n) is 2.13. The Labute approximate surface area is 97.0 Å². The predicted molar refractivity (Wildman–Crippen MR) is 60.7 cm³/mol. The second kappa shape index (κ2) is 6.49. The summed E-state index contributed by atoms with van der Waals surface area (Å²) in [5.74, 6) is -0.0273.